The molecule has 0 aliphatic heterocycles. The zero-order valence-corrected chi connectivity index (χ0v) is 13.9. The quantitative estimate of drug-likeness (QED) is 0.906. The first kappa shape index (κ1) is 17.3. The van der Waals surface area contributed by atoms with Crippen molar-refractivity contribution in [3.63, 3.8) is 0 Å². The second-order valence-electron chi connectivity index (χ2n) is 5.48. The van der Waals surface area contributed by atoms with Crippen molar-refractivity contribution in [3.05, 3.63) is 63.1 Å². The molecule has 0 fully saturated rings. The lowest BCUT2D eigenvalue weighted by Crippen LogP contribution is -2.34. The number of amides is 1. The maximum absolute atomic E-state index is 12.3. The van der Waals surface area contributed by atoms with Gasteiger partial charge in [0.15, 0.2) is 0 Å². The Morgan fingerprint density at radius 2 is 2.08 bits per heavy atom. The van der Waals surface area contributed by atoms with Crippen molar-refractivity contribution >= 4 is 5.91 Å². The number of carbonyl (C=O) groups is 1. The molecular formula is C18H19N3O3. The molecule has 1 heterocycles. The molecular weight excluding hydrogens is 306 g/mol. The second-order valence-corrected chi connectivity index (χ2v) is 5.48. The molecule has 1 aromatic heterocycles. The zero-order valence-electron chi connectivity index (χ0n) is 13.9. The lowest BCUT2D eigenvalue weighted by atomic mass is 10.1. The van der Waals surface area contributed by atoms with Crippen molar-refractivity contribution in [2.45, 2.75) is 26.9 Å². The molecule has 6 nitrogen and oxygen atoms in total. The molecule has 0 unspecified atom stereocenters. The van der Waals surface area contributed by atoms with Gasteiger partial charge in [-0.3, -0.25) is 9.59 Å². The van der Waals surface area contributed by atoms with Gasteiger partial charge in [0.2, 0.25) is 5.91 Å². The molecule has 0 aliphatic rings. The highest BCUT2D eigenvalue weighted by Crippen LogP contribution is 2.12. The van der Waals surface area contributed by atoms with Crippen LogP contribution in [0.3, 0.4) is 0 Å². The summed E-state index contributed by atoms with van der Waals surface area (Å²) in [6.45, 7) is 3.66. The molecule has 0 bridgehead atoms. The largest absolute Gasteiger partial charge is 0.497 e. The Morgan fingerprint density at radius 3 is 2.75 bits per heavy atom. The van der Waals surface area contributed by atoms with Crippen molar-refractivity contribution < 1.29 is 9.53 Å². The van der Waals surface area contributed by atoms with Gasteiger partial charge in [0.1, 0.15) is 23.9 Å². The van der Waals surface area contributed by atoms with E-state index in [9.17, 15) is 9.59 Å². The summed E-state index contributed by atoms with van der Waals surface area (Å²) in [5, 5.41) is 11.8. The summed E-state index contributed by atoms with van der Waals surface area (Å²) in [5.74, 6) is 0.418. The van der Waals surface area contributed by atoms with Crippen LogP contribution < -0.4 is 15.6 Å². The van der Waals surface area contributed by atoms with Gasteiger partial charge in [0.25, 0.3) is 5.56 Å². The molecule has 6 heteroatoms. The van der Waals surface area contributed by atoms with E-state index in [0.717, 1.165) is 5.56 Å². The number of aromatic nitrogens is 1. The fourth-order valence-electron chi connectivity index (χ4n) is 2.44. The molecule has 24 heavy (non-hydrogen) atoms. The number of benzene rings is 1. The first-order valence-corrected chi connectivity index (χ1v) is 7.47. The van der Waals surface area contributed by atoms with Crippen LogP contribution in [0.1, 0.15) is 22.4 Å². The minimum absolute atomic E-state index is 0.0706. The third-order valence-electron chi connectivity index (χ3n) is 3.74. The standard InChI is InChI=1S/C18H19N3O3/c1-12-7-13(2)21(18(23)16(12)9-19)11-17(22)20-10-14-5-4-6-15(8-14)24-3/h4-8H,10-11H2,1-3H3,(H,20,22). The summed E-state index contributed by atoms with van der Waals surface area (Å²) in [7, 11) is 1.58. The van der Waals surface area contributed by atoms with Crippen LogP contribution in [-0.2, 0) is 17.9 Å². The minimum atomic E-state index is -0.438. The Labute approximate surface area is 140 Å². The predicted molar refractivity (Wildman–Crippen MR) is 89.7 cm³/mol. The van der Waals surface area contributed by atoms with E-state index in [0.29, 0.717) is 23.6 Å². The van der Waals surface area contributed by atoms with Gasteiger partial charge in [-0.15, -0.1) is 0 Å². The highest BCUT2D eigenvalue weighted by atomic mass is 16.5. The van der Waals surface area contributed by atoms with Gasteiger partial charge in [-0.05, 0) is 43.2 Å². The first-order valence-electron chi connectivity index (χ1n) is 7.47. The highest BCUT2D eigenvalue weighted by Gasteiger charge is 2.12. The number of nitrogens with one attached hydrogen (secondary N) is 1. The predicted octanol–water partition coefficient (Wildman–Crippen LogP) is 1.66. The Balaban J connectivity index is 2.10. The fraction of sp³-hybridized carbons (Fsp3) is 0.278. The van der Waals surface area contributed by atoms with E-state index in [4.69, 9.17) is 10.00 Å². The van der Waals surface area contributed by atoms with Gasteiger partial charge in [0.05, 0.1) is 7.11 Å². The molecule has 124 valence electrons. The van der Waals surface area contributed by atoms with E-state index in [-0.39, 0.29) is 18.0 Å². The molecule has 0 spiro atoms. The van der Waals surface area contributed by atoms with E-state index in [1.807, 2.05) is 30.3 Å². The number of hydrogen-bond acceptors (Lipinski definition) is 4. The topological polar surface area (TPSA) is 84.1 Å². The lowest BCUT2D eigenvalue weighted by molar-refractivity contribution is -0.121. The van der Waals surface area contributed by atoms with Crippen LogP contribution in [-0.4, -0.2) is 17.6 Å². The summed E-state index contributed by atoms with van der Waals surface area (Å²) >= 11 is 0. The van der Waals surface area contributed by atoms with Crippen LogP contribution >= 0.6 is 0 Å². The third-order valence-corrected chi connectivity index (χ3v) is 3.74. The van der Waals surface area contributed by atoms with Crippen LogP contribution in [0.2, 0.25) is 0 Å². The molecule has 2 aromatic rings. The molecule has 0 saturated heterocycles. The fourth-order valence-corrected chi connectivity index (χ4v) is 2.44. The van der Waals surface area contributed by atoms with E-state index >= 15 is 0 Å². The van der Waals surface area contributed by atoms with Crippen molar-refractivity contribution in [3.8, 4) is 11.8 Å². The van der Waals surface area contributed by atoms with Crippen LogP contribution in [0.4, 0.5) is 0 Å². The molecule has 0 aliphatic carbocycles. The van der Waals surface area contributed by atoms with Crippen molar-refractivity contribution in [2.75, 3.05) is 7.11 Å². The maximum atomic E-state index is 12.3. The summed E-state index contributed by atoms with van der Waals surface area (Å²) in [6, 6.07) is 11.0. The number of rotatable bonds is 5. The average molecular weight is 325 g/mol. The minimum Gasteiger partial charge on any atom is -0.497 e. The normalized spacial score (nSPS) is 10.1. The van der Waals surface area contributed by atoms with E-state index in [1.165, 1.54) is 4.57 Å². The Hall–Kier alpha value is -3.07. The summed E-state index contributed by atoms with van der Waals surface area (Å²) in [4.78, 5) is 24.4. The first-order chi connectivity index (χ1) is 11.5. The monoisotopic (exact) mass is 325 g/mol. The van der Waals surface area contributed by atoms with E-state index < -0.39 is 5.56 Å². The number of methoxy groups -OCH3 is 1. The number of carbonyl (C=O) groups excluding carboxylic acids is 1. The Morgan fingerprint density at radius 1 is 1.33 bits per heavy atom. The molecule has 0 saturated carbocycles. The summed E-state index contributed by atoms with van der Waals surface area (Å²) in [6.07, 6.45) is 0. The second kappa shape index (κ2) is 7.47. The Bertz CT molecular complexity index is 863. The highest BCUT2D eigenvalue weighted by molar-refractivity contribution is 5.75. The molecule has 0 radical (unpaired) electrons. The number of hydrogen-bond donors (Lipinski definition) is 1. The van der Waals surface area contributed by atoms with E-state index in [1.54, 1.807) is 27.0 Å². The summed E-state index contributed by atoms with van der Waals surface area (Å²) in [5.41, 5.74) is 1.79. The van der Waals surface area contributed by atoms with Gasteiger partial charge in [0, 0.05) is 12.2 Å². The van der Waals surface area contributed by atoms with Gasteiger partial charge < -0.3 is 14.6 Å². The number of nitriles is 1. The number of ether oxygens (including phenoxy) is 1. The molecule has 1 aromatic carbocycles. The summed E-state index contributed by atoms with van der Waals surface area (Å²) < 4.78 is 6.45. The van der Waals surface area contributed by atoms with Crippen molar-refractivity contribution in [2.24, 2.45) is 0 Å². The number of nitrogens with zero attached hydrogens (tertiary/aromatic N) is 2. The lowest BCUT2D eigenvalue weighted by Gasteiger charge is -2.12. The third kappa shape index (κ3) is 3.82. The SMILES string of the molecule is COc1cccc(CNC(=O)Cn2c(C)cc(C)c(C#N)c2=O)c1. The van der Waals surface area contributed by atoms with Crippen molar-refractivity contribution in [1.29, 1.82) is 5.26 Å². The molecule has 1 amide bonds. The smallest absolute Gasteiger partial charge is 0.269 e. The van der Waals surface area contributed by atoms with E-state index in [2.05, 4.69) is 5.32 Å². The van der Waals surface area contributed by atoms with Gasteiger partial charge in [-0.25, -0.2) is 0 Å². The maximum Gasteiger partial charge on any atom is 0.269 e. The van der Waals surface area contributed by atoms with Crippen LogP contribution in [0.5, 0.6) is 5.75 Å². The number of pyridine rings is 1. The zero-order chi connectivity index (χ0) is 17.7. The average Bonchev–Trinajstić information content (AvgIpc) is 2.57. The molecule has 1 N–H and O–H groups in total. The van der Waals surface area contributed by atoms with Crippen LogP contribution in [0, 0.1) is 25.2 Å². The van der Waals surface area contributed by atoms with Crippen LogP contribution in [0.15, 0.2) is 35.1 Å². The molecule has 2 rings (SSSR count). The van der Waals surface area contributed by atoms with Gasteiger partial charge >= 0.3 is 0 Å². The van der Waals surface area contributed by atoms with Crippen molar-refractivity contribution in [1.82, 2.24) is 9.88 Å². The Kier molecular flexibility index (Phi) is 5.38. The van der Waals surface area contributed by atoms with Crippen LogP contribution in [0.25, 0.3) is 0 Å². The van der Waals surface area contributed by atoms with Gasteiger partial charge in [-0.2, -0.15) is 5.26 Å². The molecule has 0 atom stereocenters. The number of aryl methyl sites for hydroxylation is 2. The van der Waals surface area contributed by atoms with Gasteiger partial charge in [-0.1, -0.05) is 12.1 Å².